The maximum atomic E-state index is 11.9. The molecule has 0 fully saturated rings. The summed E-state index contributed by atoms with van der Waals surface area (Å²) in [7, 11) is 1.67. The van der Waals surface area contributed by atoms with E-state index in [0.29, 0.717) is 6.42 Å². The first-order valence-electron chi connectivity index (χ1n) is 7.62. The molecule has 2 rings (SSSR count). The Kier molecular flexibility index (Phi) is 6.53. The number of ketones is 1. The molecule has 0 spiro atoms. The summed E-state index contributed by atoms with van der Waals surface area (Å²) < 4.78 is 5.16. The molecular formula is C19H22O2S. The molecule has 0 saturated carbocycles. The van der Waals surface area contributed by atoms with Crippen LogP contribution in [-0.2, 0) is 5.75 Å². The first kappa shape index (κ1) is 16.6. The zero-order chi connectivity index (χ0) is 15.8. The molecule has 22 heavy (non-hydrogen) atoms. The van der Waals surface area contributed by atoms with Crippen LogP contribution in [0.2, 0.25) is 0 Å². The maximum absolute atomic E-state index is 11.9. The Morgan fingerprint density at radius 2 is 1.73 bits per heavy atom. The normalized spacial score (nSPS) is 10.5. The summed E-state index contributed by atoms with van der Waals surface area (Å²) in [6, 6.07) is 16.1. The van der Waals surface area contributed by atoms with Crippen molar-refractivity contribution in [2.45, 2.75) is 36.8 Å². The monoisotopic (exact) mass is 314 g/mol. The van der Waals surface area contributed by atoms with Crippen molar-refractivity contribution in [2.24, 2.45) is 0 Å². The highest BCUT2D eigenvalue weighted by molar-refractivity contribution is 7.98. The van der Waals surface area contributed by atoms with E-state index in [9.17, 15) is 4.79 Å². The van der Waals surface area contributed by atoms with E-state index in [1.54, 1.807) is 18.9 Å². The molecule has 0 unspecified atom stereocenters. The van der Waals surface area contributed by atoms with Gasteiger partial charge in [-0.2, -0.15) is 0 Å². The zero-order valence-corrected chi connectivity index (χ0v) is 14.0. The van der Waals surface area contributed by atoms with Gasteiger partial charge in [-0.05, 0) is 36.2 Å². The molecule has 0 aliphatic rings. The van der Waals surface area contributed by atoms with E-state index < -0.39 is 0 Å². The van der Waals surface area contributed by atoms with E-state index in [1.807, 2.05) is 36.4 Å². The molecular weight excluding hydrogens is 292 g/mol. The fourth-order valence-electron chi connectivity index (χ4n) is 2.11. The van der Waals surface area contributed by atoms with Gasteiger partial charge in [0.15, 0.2) is 5.78 Å². The van der Waals surface area contributed by atoms with Crippen molar-refractivity contribution in [3.05, 3.63) is 59.7 Å². The van der Waals surface area contributed by atoms with Crippen LogP contribution in [0.15, 0.2) is 53.4 Å². The zero-order valence-electron chi connectivity index (χ0n) is 13.2. The van der Waals surface area contributed by atoms with E-state index in [2.05, 4.69) is 19.1 Å². The number of hydrogen-bond donors (Lipinski definition) is 0. The second kappa shape index (κ2) is 8.64. The predicted octanol–water partition coefficient (Wildman–Crippen LogP) is 5.36. The molecule has 0 aliphatic carbocycles. The standard InChI is InChI=1S/C19H22O2S/c1-3-4-5-19(20)16-8-12-18(13-9-16)22-14-15-6-10-17(21-2)11-7-15/h6-13H,3-5,14H2,1-2H3. The molecule has 2 nitrogen and oxygen atoms in total. The van der Waals surface area contributed by atoms with Crippen LogP contribution < -0.4 is 4.74 Å². The molecule has 2 aromatic rings. The number of thioether (sulfide) groups is 1. The fraction of sp³-hybridized carbons (Fsp3) is 0.316. The molecule has 0 aromatic heterocycles. The molecule has 0 N–H and O–H groups in total. The van der Waals surface area contributed by atoms with Crippen molar-refractivity contribution in [2.75, 3.05) is 7.11 Å². The maximum Gasteiger partial charge on any atom is 0.162 e. The summed E-state index contributed by atoms with van der Waals surface area (Å²) in [5, 5.41) is 0. The van der Waals surface area contributed by atoms with Crippen LogP contribution in [0.25, 0.3) is 0 Å². The lowest BCUT2D eigenvalue weighted by atomic mass is 10.1. The molecule has 116 valence electrons. The fourth-order valence-corrected chi connectivity index (χ4v) is 2.96. The van der Waals surface area contributed by atoms with Gasteiger partial charge in [-0.3, -0.25) is 4.79 Å². The van der Waals surface area contributed by atoms with Crippen molar-refractivity contribution in [3.8, 4) is 5.75 Å². The second-order valence-corrected chi connectivity index (χ2v) is 6.24. The van der Waals surface area contributed by atoms with E-state index >= 15 is 0 Å². The summed E-state index contributed by atoms with van der Waals surface area (Å²) in [6.07, 6.45) is 2.67. The largest absolute Gasteiger partial charge is 0.497 e. The lowest BCUT2D eigenvalue weighted by Crippen LogP contribution is -1.98. The number of carbonyl (C=O) groups excluding carboxylic acids is 1. The molecule has 0 heterocycles. The highest BCUT2D eigenvalue weighted by Crippen LogP contribution is 2.24. The van der Waals surface area contributed by atoms with Gasteiger partial charge >= 0.3 is 0 Å². The SMILES string of the molecule is CCCCC(=O)c1ccc(SCc2ccc(OC)cc2)cc1. The third-order valence-electron chi connectivity index (χ3n) is 3.50. The average Bonchev–Trinajstić information content (AvgIpc) is 2.58. The molecule has 0 bridgehead atoms. The van der Waals surface area contributed by atoms with E-state index in [-0.39, 0.29) is 5.78 Å². The van der Waals surface area contributed by atoms with Crippen LogP contribution in [-0.4, -0.2) is 12.9 Å². The summed E-state index contributed by atoms with van der Waals surface area (Å²) in [5.74, 6) is 2.03. The predicted molar refractivity (Wildman–Crippen MR) is 92.9 cm³/mol. The van der Waals surface area contributed by atoms with Crippen LogP contribution in [0.3, 0.4) is 0 Å². The second-order valence-electron chi connectivity index (χ2n) is 5.19. The number of unbranched alkanes of at least 4 members (excludes halogenated alkanes) is 1. The van der Waals surface area contributed by atoms with Gasteiger partial charge in [0.2, 0.25) is 0 Å². The highest BCUT2D eigenvalue weighted by atomic mass is 32.2. The first-order valence-corrected chi connectivity index (χ1v) is 8.60. The van der Waals surface area contributed by atoms with Crippen LogP contribution in [0.5, 0.6) is 5.75 Å². The summed E-state index contributed by atoms with van der Waals surface area (Å²) >= 11 is 1.77. The Hall–Kier alpha value is -1.74. The Morgan fingerprint density at radius 3 is 2.32 bits per heavy atom. The lowest BCUT2D eigenvalue weighted by Gasteiger charge is -2.05. The van der Waals surface area contributed by atoms with E-state index in [4.69, 9.17) is 4.74 Å². The van der Waals surface area contributed by atoms with E-state index in [1.165, 1.54) is 10.5 Å². The van der Waals surface area contributed by atoms with Crippen molar-refractivity contribution >= 4 is 17.5 Å². The third-order valence-corrected chi connectivity index (χ3v) is 4.58. The Morgan fingerprint density at radius 1 is 1.05 bits per heavy atom. The van der Waals surface area contributed by atoms with Crippen LogP contribution >= 0.6 is 11.8 Å². The minimum Gasteiger partial charge on any atom is -0.497 e. The van der Waals surface area contributed by atoms with Crippen LogP contribution in [0, 0.1) is 0 Å². The highest BCUT2D eigenvalue weighted by Gasteiger charge is 2.05. The third kappa shape index (κ3) is 4.92. The Bertz CT molecular complexity index is 588. The summed E-state index contributed by atoms with van der Waals surface area (Å²) in [5.41, 5.74) is 2.08. The molecule has 0 amide bonds. The molecule has 0 saturated heterocycles. The minimum absolute atomic E-state index is 0.244. The smallest absolute Gasteiger partial charge is 0.162 e. The number of ether oxygens (including phenoxy) is 1. The molecule has 0 atom stereocenters. The quantitative estimate of drug-likeness (QED) is 0.484. The Labute approximate surface area is 136 Å². The van der Waals surface area contributed by atoms with Crippen molar-refractivity contribution in [1.82, 2.24) is 0 Å². The van der Waals surface area contributed by atoms with Gasteiger partial charge in [0, 0.05) is 22.6 Å². The van der Waals surface area contributed by atoms with Crippen LogP contribution in [0.1, 0.15) is 42.1 Å². The van der Waals surface area contributed by atoms with Gasteiger partial charge in [-0.25, -0.2) is 0 Å². The molecule has 3 heteroatoms. The number of carbonyl (C=O) groups is 1. The van der Waals surface area contributed by atoms with Gasteiger partial charge in [0.25, 0.3) is 0 Å². The number of hydrogen-bond acceptors (Lipinski definition) is 3. The molecule has 0 aliphatic heterocycles. The number of methoxy groups -OCH3 is 1. The van der Waals surface area contributed by atoms with E-state index in [0.717, 1.165) is 29.9 Å². The molecule has 0 radical (unpaired) electrons. The number of benzene rings is 2. The molecule has 2 aromatic carbocycles. The number of rotatable bonds is 8. The van der Waals surface area contributed by atoms with Gasteiger partial charge in [-0.1, -0.05) is 37.6 Å². The van der Waals surface area contributed by atoms with Crippen molar-refractivity contribution < 1.29 is 9.53 Å². The van der Waals surface area contributed by atoms with Gasteiger partial charge in [-0.15, -0.1) is 11.8 Å². The van der Waals surface area contributed by atoms with Gasteiger partial charge < -0.3 is 4.74 Å². The number of Topliss-reactive ketones (excluding diaryl/α,β-unsaturated/α-hetero) is 1. The minimum atomic E-state index is 0.244. The topological polar surface area (TPSA) is 26.3 Å². The summed E-state index contributed by atoms with van der Waals surface area (Å²) in [6.45, 7) is 2.10. The first-order chi connectivity index (χ1) is 10.7. The van der Waals surface area contributed by atoms with Gasteiger partial charge in [0.05, 0.1) is 7.11 Å². The average molecular weight is 314 g/mol. The lowest BCUT2D eigenvalue weighted by molar-refractivity contribution is 0.0979. The summed E-state index contributed by atoms with van der Waals surface area (Å²) in [4.78, 5) is 13.1. The van der Waals surface area contributed by atoms with Gasteiger partial charge in [0.1, 0.15) is 5.75 Å². The van der Waals surface area contributed by atoms with Crippen LogP contribution in [0.4, 0.5) is 0 Å². The van der Waals surface area contributed by atoms with Crippen molar-refractivity contribution in [1.29, 1.82) is 0 Å². The van der Waals surface area contributed by atoms with Crippen molar-refractivity contribution in [3.63, 3.8) is 0 Å². The Balaban J connectivity index is 1.89.